The third-order valence-electron chi connectivity index (χ3n) is 5.42. The topological polar surface area (TPSA) is 58.4 Å². The van der Waals surface area contributed by atoms with E-state index >= 15 is 0 Å². The van der Waals surface area contributed by atoms with Crippen LogP contribution in [0, 0.1) is 5.92 Å². The van der Waals surface area contributed by atoms with Gasteiger partial charge in [0.15, 0.2) is 9.84 Å². The largest absolute Gasteiger partial charge is 0.331 e. The van der Waals surface area contributed by atoms with E-state index in [4.69, 9.17) is 0 Å². The number of rotatable bonds is 6. The molecule has 0 saturated carbocycles. The summed E-state index contributed by atoms with van der Waals surface area (Å²) in [5, 5.41) is 0. The van der Waals surface area contributed by atoms with Crippen molar-refractivity contribution in [3.63, 3.8) is 0 Å². The molecule has 0 N–H and O–H groups in total. The first-order chi connectivity index (χ1) is 12.3. The van der Waals surface area contributed by atoms with E-state index in [-0.39, 0.29) is 23.6 Å². The number of hydrogen-bond donors (Lipinski definition) is 0. The molecular weight excluding hydrogens is 348 g/mol. The first kappa shape index (κ1) is 19.6. The van der Waals surface area contributed by atoms with Crippen molar-refractivity contribution in [3.05, 3.63) is 30.4 Å². The summed E-state index contributed by atoms with van der Waals surface area (Å²) in [6.45, 7) is 12.0. The van der Waals surface area contributed by atoms with Crippen molar-refractivity contribution in [3.8, 4) is 0 Å². The van der Waals surface area contributed by atoms with Gasteiger partial charge in [0.1, 0.15) is 5.82 Å². The van der Waals surface area contributed by atoms with Crippen LogP contribution in [-0.2, 0) is 16.4 Å². The van der Waals surface area contributed by atoms with Crippen LogP contribution in [0.2, 0.25) is 0 Å². The summed E-state index contributed by atoms with van der Waals surface area (Å²) >= 11 is 0. The Morgan fingerprint density at radius 2 is 1.81 bits per heavy atom. The van der Waals surface area contributed by atoms with Gasteiger partial charge in [0.25, 0.3) is 0 Å². The van der Waals surface area contributed by atoms with Gasteiger partial charge < -0.3 is 4.57 Å². The van der Waals surface area contributed by atoms with Crippen molar-refractivity contribution in [1.82, 2.24) is 19.4 Å². The molecular formula is C19H32N4O2S. The highest BCUT2D eigenvalue weighted by molar-refractivity contribution is 7.91. The van der Waals surface area contributed by atoms with E-state index in [0.29, 0.717) is 12.0 Å². The fourth-order valence-electron chi connectivity index (χ4n) is 4.11. The normalized spacial score (nSPS) is 27.0. The summed E-state index contributed by atoms with van der Waals surface area (Å²) in [4.78, 5) is 9.20. The molecule has 0 bridgehead atoms. The highest BCUT2D eigenvalue weighted by Gasteiger charge is 2.46. The fraction of sp³-hybridized carbons (Fsp3) is 0.737. The lowest BCUT2D eigenvalue weighted by atomic mass is 10.0. The maximum Gasteiger partial charge on any atom is 0.153 e. The van der Waals surface area contributed by atoms with E-state index in [1.807, 2.05) is 12.4 Å². The lowest BCUT2D eigenvalue weighted by Gasteiger charge is -2.43. The average molecular weight is 381 g/mol. The predicted octanol–water partition coefficient (Wildman–Crippen LogP) is 1.96. The first-order valence-electron chi connectivity index (χ1n) is 9.63. The van der Waals surface area contributed by atoms with Crippen molar-refractivity contribution < 1.29 is 8.42 Å². The van der Waals surface area contributed by atoms with Crippen LogP contribution < -0.4 is 0 Å². The van der Waals surface area contributed by atoms with Crippen LogP contribution in [0.4, 0.5) is 0 Å². The number of allylic oxidation sites excluding steroid dienone is 1. The second-order valence-electron chi connectivity index (χ2n) is 8.19. The lowest BCUT2D eigenvalue weighted by molar-refractivity contribution is 0.0452. The molecule has 0 aliphatic carbocycles. The Balaban J connectivity index is 1.75. The van der Waals surface area contributed by atoms with Crippen molar-refractivity contribution in [2.75, 3.05) is 31.1 Å². The summed E-state index contributed by atoms with van der Waals surface area (Å²) in [6, 6.07) is 0.518. The van der Waals surface area contributed by atoms with Gasteiger partial charge >= 0.3 is 0 Å². The number of piperazine rings is 1. The molecule has 1 aromatic heterocycles. The van der Waals surface area contributed by atoms with Gasteiger partial charge in [-0.1, -0.05) is 26.0 Å². The molecule has 2 atom stereocenters. The summed E-state index contributed by atoms with van der Waals surface area (Å²) in [5.74, 6) is 2.10. The predicted molar refractivity (Wildman–Crippen MR) is 105 cm³/mol. The van der Waals surface area contributed by atoms with Crippen LogP contribution >= 0.6 is 0 Å². The average Bonchev–Trinajstić information content (AvgIpc) is 3.12. The van der Waals surface area contributed by atoms with Gasteiger partial charge in [-0.2, -0.15) is 0 Å². The Kier molecular flexibility index (Phi) is 5.89. The number of imidazole rings is 1. The van der Waals surface area contributed by atoms with Crippen molar-refractivity contribution in [1.29, 1.82) is 0 Å². The monoisotopic (exact) mass is 380 g/mol. The first-order valence-corrected chi connectivity index (χ1v) is 11.5. The summed E-state index contributed by atoms with van der Waals surface area (Å²) in [6.07, 6.45) is 8.24. The summed E-state index contributed by atoms with van der Waals surface area (Å²) in [7, 11) is -2.98. The number of sulfone groups is 1. The summed E-state index contributed by atoms with van der Waals surface area (Å²) < 4.78 is 26.9. The molecule has 0 spiro atoms. The van der Waals surface area contributed by atoms with Crippen LogP contribution in [0.25, 0.3) is 0 Å². The molecule has 0 amide bonds. The van der Waals surface area contributed by atoms with Crippen LogP contribution in [-0.4, -0.2) is 71.0 Å². The van der Waals surface area contributed by atoms with E-state index in [0.717, 1.165) is 32.0 Å². The van der Waals surface area contributed by atoms with E-state index < -0.39 is 9.84 Å². The minimum atomic E-state index is -2.98. The van der Waals surface area contributed by atoms with Gasteiger partial charge in [-0.15, -0.1) is 0 Å². The molecule has 2 aliphatic heterocycles. The van der Waals surface area contributed by atoms with E-state index in [9.17, 15) is 8.42 Å². The number of hydrogen-bond acceptors (Lipinski definition) is 5. The molecule has 6 nitrogen and oxygen atoms in total. The van der Waals surface area contributed by atoms with E-state index in [2.05, 4.69) is 59.2 Å². The van der Waals surface area contributed by atoms with Crippen LogP contribution in [0.15, 0.2) is 24.5 Å². The van der Waals surface area contributed by atoms with Gasteiger partial charge in [0, 0.05) is 50.2 Å². The SMILES string of the molecule is CC(C)/C=C/CN1CCN(Cc2nccn2C(C)C)[C@@H]2CS(=O)(=O)C[C@@H]21. The zero-order valence-electron chi connectivity index (χ0n) is 16.4. The molecule has 0 unspecified atom stereocenters. The molecule has 0 aromatic carbocycles. The number of aromatic nitrogens is 2. The molecule has 3 heterocycles. The van der Waals surface area contributed by atoms with Crippen molar-refractivity contribution >= 4 is 9.84 Å². The fourth-order valence-corrected chi connectivity index (χ4v) is 6.15. The Morgan fingerprint density at radius 1 is 1.15 bits per heavy atom. The van der Waals surface area contributed by atoms with Crippen molar-refractivity contribution in [2.45, 2.75) is 52.4 Å². The molecule has 146 valence electrons. The molecule has 2 aliphatic rings. The third-order valence-corrected chi connectivity index (χ3v) is 7.12. The highest BCUT2D eigenvalue weighted by Crippen LogP contribution is 2.28. The van der Waals surface area contributed by atoms with Crippen LogP contribution in [0.5, 0.6) is 0 Å². The maximum atomic E-state index is 12.4. The number of fused-ring (bicyclic) bond motifs is 1. The van der Waals surface area contributed by atoms with Gasteiger partial charge in [-0.05, 0) is 19.8 Å². The second-order valence-corrected chi connectivity index (χ2v) is 10.3. The molecule has 0 radical (unpaired) electrons. The molecule has 1 aromatic rings. The Bertz CT molecular complexity index is 738. The van der Waals surface area contributed by atoms with Gasteiger partial charge in [0.05, 0.1) is 18.1 Å². The minimum absolute atomic E-state index is 0.0681. The van der Waals surface area contributed by atoms with Crippen molar-refractivity contribution in [2.24, 2.45) is 5.92 Å². The molecule has 3 rings (SSSR count). The smallest absolute Gasteiger partial charge is 0.153 e. The van der Waals surface area contributed by atoms with Crippen LogP contribution in [0.3, 0.4) is 0 Å². The van der Waals surface area contributed by atoms with Gasteiger partial charge in [-0.25, -0.2) is 13.4 Å². The van der Waals surface area contributed by atoms with Gasteiger partial charge in [0.2, 0.25) is 0 Å². The third kappa shape index (κ3) is 4.38. The minimum Gasteiger partial charge on any atom is -0.331 e. The quantitative estimate of drug-likeness (QED) is 0.706. The molecule has 26 heavy (non-hydrogen) atoms. The Labute approximate surface area is 157 Å². The molecule has 2 fully saturated rings. The molecule has 2 saturated heterocycles. The van der Waals surface area contributed by atoms with E-state index in [1.165, 1.54) is 0 Å². The standard InChI is InChI=1S/C19H32N4O2S/c1-15(2)6-5-8-21-10-11-22(18-14-26(24,25)13-17(18)21)12-19-20-7-9-23(19)16(3)4/h5-7,9,15-18H,8,10-14H2,1-4H3/b6-5+/t17-,18+/m0/s1. The van der Waals surface area contributed by atoms with Gasteiger partial charge in [-0.3, -0.25) is 9.80 Å². The maximum absolute atomic E-state index is 12.4. The highest BCUT2D eigenvalue weighted by atomic mass is 32.2. The second kappa shape index (κ2) is 7.82. The molecule has 7 heteroatoms. The zero-order valence-corrected chi connectivity index (χ0v) is 17.2. The van der Waals surface area contributed by atoms with Crippen LogP contribution in [0.1, 0.15) is 39.6 Å². The summed E-state index contributed by atoms with van der Waals surface area (Å²) in [5.41, 5.74) is 0. The Hall–Kier alpha value is -1.18. The van der Waals surface area contributed by atoms with E-state index in [1.54, 1.807) is 0 Å². The number of nitrogens with zero attached hydrogens (tertiary/aromatic N) is 4. The zero-order chi connectivity index (χ0) is 18.9. The lowest BCUT2D eigenvalue weighted by Crippen LogP contribution is -2.58. The Morgan fingerprint density at radius 3 is 2.46 bits per heavy atom.